The van der Waals surface area contributed by atoms with Gasteiger partial charge < -0.3 is 4.55 Å². The van der Waals surface area contributed by atoms with Crippen LogP contribution in [0.5, 0.6) is 0 Å². The van der Waals surface area contributed by atoms with Gasteiger partial charge in [0, 0.05) is 25.0 Å². The number of hydrogen-bond donors (Lipinski definition) is 0. The molecule has 0 atom stereocenters. The SMILES string of the molecule is CCCCCC[n+]1ccccc1CC.O=S(=O)([O-])C(F)(F)F. The molecule has 22 heavy (non-hydrogen) atoms. The molecular formula is C14H22F3NO3S. The number of hydrogen-bond acceptors (Lipinski definition) is 3. The third-order valence-corrected chi connectivity index (χ3v) is 3.50. The average molecular weight is 341 g/mol. The number of aryl methyl sites for hydroxylation is 2. The Morgan fingerprint density at radius 2 is 1.73 bits per heavy atom. The molecule has 1 heterocycles. The number of alkyl halides is 3. The minimum absolute atomic E-state index is 1.13. The summed E-state index contributed by atoms with van der Waals surface area (Å²) >= 11 is 0. The van der Waals surface area contributed by atoms with Gasteiger partial charge in [-0.2, -0.15) is 13.2 Å². The van der Waals surface area contributed by atoms with Gasteiger partial charge in [-0.1, -0.05) is 32.8 Å². The van der Waals surface area contributed by atoms with Gasteiger partial charge in [-0.25, -0.2) is 13.0 Å². The fourth-order valence-corrected chi connectivity index (χ4v) is 1.76. The van der Waals surface area contributed by atoms with Crippen molar-refractivity contribution in [2.24, 2.45) is 0 Å². The Kier molecular flexibility index (Phi) is 9.27. The first-order valence-electron chi connectivity index (χ1n) is 7.13. The Bertz CT molecular complexity index is 530. The summed E-state index contributed by atoms with van der Waals surface area (Å²) in [5.74, 6) is 0. The Labute approximate surface area is 129 Å². The van der Waals surface area contributed by atoms with Crippen LogP contribution in [-0.2, 0) is 23.1 Å². The highest BCUT2D eigenvalue weighted by Gasteiger charge is 2.36. The third-order valence-electron chi connectivity index (χ3n) is 2.93. The van der Waals surface area contributed by atoms with Crippen molar-refractivity contribution in [3.63, 3.8) is 0 Å². The van der Waals surface area contributed by atoms with Gasteiger partial charge in [0.25, 0.3) is 0 Å². The second-order valence-corrected chi connectivity index (χ2v) is 6.07. The molecular weight excluding hydrogens is 319 g/mol. The van der Waals surface area contributed by atoms with Crippen molar-refractivity contribution in [1.82, 2.24) is 0 Å². The molecule has 0 aliphatic rings. The number of unbranched alkanes of at least 4 members (excludes halogenated alkanes) is 3. The Morgan fingerprint density at radius 3 is 2.18 bits per heavy atom. The maximum Gasteiger partial charge on any atom is 0.485 e. The summed E-state index contributed by atoms with van der Waals surface area (Å²) < 4.78 is 61.3. The van der Waals surface area contributed by atoms with Gasteiger partial charge in [-0.05, 0) is 6.42 Å². The predicted octanol–water partition coefficient (Wildman–Crippen LogP) is 3.17. The highest BCUT2D eigenvalue weighted by atomic mass is 32.2. The molecule has 0 fully saturated rings. The van der Waals surface area contributed by atoms with Crippen LogP contribution in [0.25, 0.3) is 0 Å². The lowest BCUT2D eigenvalue weighted by atomic mass is 10.2. The minimum Gasteiger partial charge on any atom is -0.741 e. The highest BCUT2D eigenvalue weighted by molar-refractivity contribution is 7.86. The van der Waals surface area contributed by atoms with Crippen LogP contribution < -0.4 is 4.57 Å². The number of nitrogens with zero attached hydrogens (tertiary/aromatic N) is 1. The van der Waals surface area contributed by atoms with E-state index in [1.807, 2.05) is 0 Å². The molecule has 0 N–H and O–H groups in total. The van der Waals surface area contributed by atoms with E-state index < -0.39 is 15.6 Å². The van der Waals surface area contributed by atoms with Gasteiger partial charge in [0.05, 0.1) is 0 Å². The molecule has 1 aromatic rings. The standard InChI is InChI=1S/C13H22N.CHF3O3S/c1-3-5-6-8-11-14-12-9-7-10-13(14)4-2;2-1(3,4)8(5,6)7/h7,9-10,12H,3-6,8,11H2,1-2H3;(H,5,6,7)/q+1;/p-1. The molecule has 0 radical (unpaired) electrons. The largest absolute Gasteiger partial charge is 0.741 e. The predicted molar refractivity (Wildman–Crippen MR) is 75.9 cm³/mol. The van der Waals surface area contributed by atoms with E-state index in [0.29, 0.717) is 0 Å². The molecule has 8 heteroatoms. The van der Waals surface area contributed by atoms with E-state index in [2.05, 4.69) is 42.8 Å². The molecule has 0 bridgehead atoms. The first kappa shape index (κ1) is 20.9. The van der Waals surface area contributed by atoms with Gasteiger partial charge in [-0.15, -0.1) is 0 Å². The van der Waals surface area contributed by atoms with Crippen molar-refractivity contribution >= 4 is 10.1 Å². The topological polar surface area (TPSA) is 61.1 Å². The van der Waals surface area contributed by atoms with Gasteiger partial charge in [0.2, 0.25) is 0 Å². The zero-order valence-corrected chi connectivity index (χ0v) is 13.6. The molecule has 0 unspecified atom stereocenters. The van der Waals surface area contributed by atoms with Gasteiger partial charge in [0.15, 0.2) is 22.0 Å². The molecule has 0 spiro atoms. The fraction of sp³-hybridized carbons (Fsp3) is 0.643. The van der Waals surface area contributed by atoms with Crippen molar-refractivity contribution in [1.29, 1.82) is 0 Å². The van der Waals surface area contributed by atoms with E-state index in [-0.39, 0.29) is 0 Å². The van der Waals surface area contributed by atoms with Crippen molar-refractivity contribution < 1.29 is 30.7 Å². The monoisotopic (exact) mass is 341 g/mol. The maximum absolute atomic E-state index is 10.7. The molecule has 1 rings (SSSR count). The van der Waals surface area contributed by atoms with E-state index in [0.717, 1.165) is 6.42 Å². The summed E-state index contributed by atoms with van der Waals surface area (Å²) in [6.07, 6.45) is 8.70. The number of halogens is 3. The van der Waals surface area contributed by atoms with Crippen molar-refractivity contribution in [2.45, 2.75) is 58.0 Å². The second kappa shape index (κ2) is 9.78. The lowest BCUT2D eigenvalue weighted by molar-refractivity contribution is -0.704. The molecule has 0 saturated carbocycles. The smallest absolute Gasteiger partial charge is 0.485 e. The van der Waals surface area contributed by atoms with Crippen LogP contribution in [0.2, 0.25) is 0 Å². The Morgan fingerprint density at radius 1 is 1.14 bits per heavy atom. The first-order valence-corrected chi connectivity index (χ1v) is 8.53. The van der Waals surface area contributed by atoms with E-state index in [4.69, 9.17) is 13.0 Å². The number of rotatable bonds is 6. The van der Waals surface area contributed by atoms with Crippen LogP contribution in [0.15, 0.2) is 24.4 Å². The lowest BCUT2D eigenvalue weighted by Crippen LogP contribution is -2.37. The molecule has 1 aromatic heterocycles. The minimum atomic E-state index is -6.09. The van der Waals surface area contributed by atoms with E-state index in [1.165, 1.54) is 37.9 Å². The van der Waals surface area contributed by atoms with Crippen LogP contribution in [0.4, 0.5) is 13.2 Å². The Balaban J connectivity index is 0.000000472. The van der Waals surface area contributed by atoms with Crippen LogP contribution >= 0.6 is 0 Å². The van der Waals surface area contributed by atoms with Crippen LogP contribution in [0.1, 0.15) is 45.2 Å². The molecule has 0 amide bonds. The molecule has 128 valence electrons. The van der Waals surface area contributed by atoms with Gasteiger partial charge in [0.1, 0.15) is 6.54 Å². The summed E-state index contributed by atoms with van der Waals surface area (Å²) in [7, 11) is -6.09. The molecule has 0 saturated heterocycles. The zero-order chi connectivity index (χ0) is 17.2. The van der Waals surface area contributed by atoms with E-state index in [1.54, 1.807) is 0 Å². The van der Waals surface area contributed by atoms with Crippen molar-refractivity contribution in [3.05, 3.63) is 30.1 Å². The number of pyridine rings is 1. The van der Waals surface area contributed by atoms with Crippen LogP contribution in [-0.4, -0.2) is 18.5 Å². The van der Waals surface area contributed by atoms with E-state index >= 15 is 0 Å². The number of aromatic nitrogens is 1. The van der Waals surface area contributed by atoms with Gasteiger partial charge >= 0.3 is 5.51 Å². The Hall–Kier alpha value is -1.15. The lowest BCUT2D eigenvalue weighted by Gasteiger charge is -2.08. The average Bonchev–Trinajstić information content (AvgIpc) is 2.42. The van der Waals surface area contributed by atoms with Gasteiger partial charge in [-0.3, -0.25) is 0 Å². The molecule has 0 aromatic carbocycles. The maximum atomic E-state index is 10.7. The van der Waals surface area contributed by atoms with Crippen molar-refractivity contribution in [2.75, 3.05) is 0 Å². The van der Waals surface area contributed by atoms with Crippen molar-refractivity contribution in [3.8, 4) is 0 Å². The first-order chi connectivity index (χ1) is 10.1. The highest BCUT2D eigenvalue weighted by Crippen LogP contribution is 2.20. The van der Waals surface area contributed by atoms with E-state index in [9.17, 15) is 13.2 Å². The summed E-state index contributed by atoms with van der Waals surface area (Å²) in [5, 5.41) is 0. The summed E-state index contributed by atoms with van der Waals surface area (Å²) in [5.41, 5.74) is -4.20. The second-order valence-electron chi connectivity index (χ2n) is 4.70. The molecule has 0 aliphatic carbocycles. The van der Waals surface area contributed by atoms with Crippen LogP contribution in [0.3, 0.4) is 0 Å². The normalized spacial score (nSPS) is 11.7. The molecule has 4 nitrogen and oxygen atoms in total. The zero-order valence-electron chi connectivity index (χ0n) is 12.8. The fourth-order valence-electron chi connectivity index (χ4n) is 1.76. The molecule has 0 aliphatic heterocycles. The summed E-state index contributed by atoms with van der Waals surface area (Å²) in [4.78, 5) is 0. The third kappa shape index (κ3) is 8.33. The summed E-state index contributed by atoms with van der Waals surface area (Å²) in [6.45, 7) is 5.66. The van der Waals surface area contributed by atoms with Crippen LogP contribution in [0, 0.1) is 0 Å². The summed E-state index contributed by atoms with van der Waals surface area (Å²) in [6, 6.07) is 6.47. The quantitative estimate of drug-likeness (QED) is 0.346.